The number of benzene rings is 2. The minimum atomic E-state index is -0.306. The fourth-order valence-electron chi connectivity index (χ4n) is 2.72. The highest BCUT2D eigenvalue weighted by atomic mass is 16.1. The minimum Gasteiger partial charge on any atom is -0.397 e. The molecule has 2 heterocycles. The van der Waals surface area contributed by atoms with E-state index >= 15 is 0 Å². The van der Waals surface area contributed by atoms with E-state index in [1.807, 2.05) is 6.07 Å². The fourth-order valence-corrected chi connectivity index (χ4v) is 2.72. The van der Waals surface area contributed by atoms with Crippen molar-refractivity contribution in [2.45, 2.75) is 0 Å². The van der Waals surface area contributed by atoms with Crippen LogP contribution >= 0.6 is 0 Å². The second-order valence-electron chi connectivity index (χ2n) is 5.97. The zero-order chi connectivity index (χ0) is 18.8. The monoisotopic (exact) mass is 357 g/mol. The van der Waals surface area contributed by atoms with E-state index in [1.54, 1.807) is 48.5 Å². The molecule has 0 saturated heterocycles. The van der Waals surface area contributed by atoms with Gasteiger partial charge in [0.05, 0.1) is 22.2 Å². The normalized spacial score (nSPS) is 10.7. The van der Waals surface area contributed by atoms with Gasteiger partial charge in [0, 0.05) is 23.6 Å². The standard InChI is InChI=1S/C20H15N5O2/c21-14-9-13(10-22-11-14)19(26)23-15-7-5-12(6-8-15)18-24-17-4-2-1-3-16(17)20(27)25-18/h1-11H,21H2,(H,23,26)(H,24,25,27). The number of pyridine rings is 1. The summed E-state index contributed by atoms with van der Waals surface area (Å²) in [5, 5.41) is 3.32. The Morgan fingerprint density at radius 3 is 2.59 bits per heavy atom. The summed E-state index contributed by atoms with van der Waals surface area (Å²) in [5.74, 6) is 0.163. The summed E-state index contributed by atoms with van der Waals surface area (Å²) in [4.78, 5) is 35.6. The van der Waals surface area contributed by atoms with E-state index in [0.717, 1.165) is 5.56 Å². The van der Waals surface area contributed by atoms with Crippen LogP contribution in [0.3, 0.4) is 0 Å². The molecule has 7 nitrogen and oxygen atoms in total. The Labute approximate surface area is 153 Å². The second-order valence-corrected chi connectivity index (χ2v) is 5.97. The number of hydrogen-bond donors (Lipinski definition) is 3. The summed E-state index contributed by atoms with van der Waals surface area (Å²) in [6.45, 7) is 0. The Morgan fingerprint density at radius 1 is 1.04 bits per heavy atom. The van der Waals surface area contributed by atoms with Crippen molar-refractivity contribution in [2.24, 2.45) is 0 Å². The number of H-pyrrole nitrogens is 1. The van der Waals surface area contributed by atoms with Crippen molar-refractivity contribution in [2.75, 3.05) is 11.1 Å². The molecule has 4 N–H and O–H groups in total. The van der Waals surface area contributed by atoms with E-state index in [2.05, 4.69) is 20.3 Å². The van der Waals surface area contributed by atoms with Gasteiger partial charge >= 0.3 is 0 Å². The molecule has 2 aromatic heterocycles. The first-order chi connectivity index (χ1) is 13.1. The molecule has 0 atom stereocenters. The minimum absolute atomic E-state index is 0.192. The lowest BCUT2D eigenvalue weighted by atomic mass is 10.1. The van der Waals surface area contributed by atoms with Crippen LogP contribution < -0.4 is 16.6 Å². The Kier molecular flexibility index (Phi) is 4.10. The van der Waals surface area contributed by atoms with Crippen molar-refractivity contribution in [3.63, 3.8) is 0 Å². The molecule has 0 saturated carbocycles. The zero-order valence-electron chi connectivity index (χ0n) is 14.1. The molecule has 0 aliphatic rings. The lowest BCUT2D eigenvalue weighted by Crippen LogP contribution is -2.12. The first-order valence-electron chi connectivity index (χ1n) is 8.21. The number of carbonyl (C=O) groups excluding carboxylic acids is 1. The van der Waals surface area contributed by atoms with Crippen molar-refractivity contribution in [1.82, 2.24) is 15.0 Å². The molecule has 0 aliphatic carbocycles. The quantitative estimate of drug-likeness (QED) is 0.522. The van der Waals surface area contributed by atoms with Crippen LogP contribution in [0.25, 0.3) is 22.3 Å². The molecule has 4 rings (SSSR count). The number of nitrogens with two attached hydrogens (primary N) is 1. The molecule has 1 amide bonds. The van der Waals surface area contributed by atoms with Crippen LogP contribution in [0.5, 0.6) is 0 Å². The molecule has 7 heteroatoms. The molecular weight excluding hydrogens is 342 g/mol. The average molecular weight is 357 g/mol. The predicted molar refractivity (Wildman–Crippen MR) is 104 cm³/mol. The Morgan fingerprint density at radius 2 is 1.81 bits per heavy atom. The van der Waals surface area contributed by atoms with Crippen LogP contribution in [0.1, 0.15) is 10.4 Å². The second kappa shape index (κ2) is 6.72. The van der Waals surface area contributed by atoms with Gasteiger partial charge in [0.25, 0.3) is 11.5 Å². The first kappa shape index (κ1) is 16.5. The number of aromatic nitrogens is 3. The number of nitrogens with one attached hydrogen (secondary N) is 2. The Hall–Kier alpha value is -4.00. The molecule has 2 aromatic carbocycles. The number of nitrogens with zero attached hydrogens (tertiary/aromatic N) is 2. The van der Waals surface area contributed by atoms with Crippen LogP contribution in [0.15, 0.2) is 71.8 Å². The van der Waals surface area contributed by atoms with E-state index in [4.69, 9.17) is 5.73 Å². The van der Waals surface area contributed by atoms with Gasteiger partial charge in [-0.25, -0.2) is 4.98 Å². The molecule has 0 aliphatic heterocycles. The van der Waals surface area contributed by atoms with Gasteiger partial charge in [0.2, 0.25) is 0 Å². The van der Waals surface area contributed by atoms with Gasteiger partial charge < -0.3 is 16.0 Å². The zero-order valence-corrected chi connectivity index (χ0v) is 14.1. The van der Waals surface area contributed by atoms with Gasteiger partial charge in [0.15, 0.2) is 0 Å². The molecule has 0 fully saturated rings. The van der Waals surface area contributed by atoms with Gasteiger partial charge in [-0.15, -0.1) is 0 Å². The molecule has 27 heavy (non-hydrogen) atoms. The van der Waals surface area contributed by atoms with Crippen LogP contribution in [-0.4, -0.2) is 20.9 Å². The highest BCUT2D eigenvalue weighted by molar-refractivity contribution is 6.04. The van der Waals surface area contributed by atoms with E-state index in [0.29, 0.717) is 33.7 Å². The van der Waals surface area contributed by atoms with Crippen LogP contribution in [0, 0.1) is 0 Å². The average Bonchev–Trinajstić information content (AvgIpc) is 2.68. The smallest absolute Gasteiger partial charge is 0.259 e. The Balaban J connectivity index is 1.59. The van der Waals surface area contributed by atoms with Gasteiger partial charge in [-0.3, -0.25) is 14.6 Å². The molecule has 132 valence electrons. The van der Waals surface area contributed by atoms with Crippen LogP contribution in [0.4, 0.5) is 11.4 Å². The van der Waals surface area contributed by atoms with Crippen molar-refractivity contribution in [3.8, 4) is 11.4 Å². The highest BCUT2D eigenvalue weighted by Gasteiger charge is 2.09. The summed E-state index contributed by atoms with van der Waals surface area (Å²) < 4.78 is 0. The number of rotatable bonds is 3. The third-order valence-electron chi connectivity index (χ3n) is 4.05. The summed E-state index contributed by atoms with van der Waals surface area (Å²) in [6, 6.07) is 15.7. The lowest BCUT2D eigenvalue weighted by Gasteiger charge is -2.07. The van der Waals surface area contributed by atoms with Crippen LogP contribution in [-0.2, 0) is 0 Å². The van der Waals surface area contributed by atoms with Crippen molar-refractivity contribution >= 4 is 28.2 Å². The third-order valence-corrected chi connectivity index (χ3v) is 4.05. The van der Waals surface area contributed by atoms with Gasteiger partial charge in [-0.1, -0.05) is 12.1 Å². The fraction of sp³-hybridized carbons (Fsp3) is 0. The number of carbonyl (C=O) groups is 1. The molecular formula is C20H15N5O2. The van der Waals surface area contributed by atoms with Crippen molar-refractivity contribution in [3.05, 3.63) is 82.9 Å². The van der Waals surface area contributed by atoms with Gasteiger partial charge in [0.1, 0.15) is 5.82 Å². The SMILES string of the molecule is Nc1cncc(C(=O)Nc2ccc(-c3nc4ccccc4c(=O)[nH]3)cc2)c1. The van der Waals surface area contributed by atoms with E-state index in [-0.39, 0.29) is 11.5 Å². The van der Waals surface area contributed by atoms with Gasteiger partial charge in [-0.2, -0.15) is 0 Å². The maximum absolute atomic E-state index is 12.2. The number of para-hydroxylation sites is 1. The predicted octanol–water partition coefficient (Wildman–Crippen LogP) is 2.82. The maximum atomic E-state index is 12.2. The van der Waals surface area contributed by atoms with E-state index in [9.17, 15) is 9.59 Å². The Bertz CT molecular complexity index is 1200. The number of aromatic amines is 1. The lowest BCUT2D eigenvalue weighted by molar-refractivity contribution is 0.102. The number of fused-ring (bicyclic) bond motifs is 1. The summed E-state index contributed by atoms with van der Waals surface area (Å²) in [5.41, 5.74) is 8.22. The molecule has 4 aromatic rings. The number of nitrogen functional groups attached to an aromatic ring is 1. The highest BCUT2D eigenvalue weighted by Crippen LogP contribution is 2.19. The van der Waals surface area contributed by atoms with Crippen LogP contribution in [0.2, 0.25) is 0 Å². The summed E-state index contributed by atoms with van der Waals surface area (Å²) >= 11 is 0. The van der Waals surface area contributed by atoms with Crippen molar-refractivity contribution < 1.29 is 4.79 Å². The van der Waals surface area contributed by atoms with E-state index in [1.165, 1.54) is 12.4 Å². The first-order valence-corrected chi connectivity index (χ1v) is 8.21. The summed E-state index contributed by atoms with van der Waals surface area (Å²) in [6.07, 6.45) is 2.92. The van der Waals surface area contributed by atoms with Crippen molar-refractivity contribution in [1.29, 1.82) is 0 Å². The topological polar surface area (TPSA) is 114 Å². The number of amides is 1. The summed E-state index contributed by atoms with van der Waals surface area (Å²) in [7, 11) is 0. The molecule has 0 spiro atoms. The molecule has 0 unspecified atom stereocenters. The van der Waals surface area contributed by atoms with Gasteiger partial charge in [-0.05, 0) is 42.5 Å². The number of hydrogen-bond acceptors (Lipinski definition) is 5. The maximum Gasteiger partial charge on any atom is 0.259 e. The number of anilines is 2. The van der Waals surface area contributed by atoms with E-state index < -0.39 is 0 Å². The molecule has 0 bridgehead atoms. The largest absolute Gasteiger partial charge is 0.397 e. The molecule has 0 radical (unpaired) electrons. The third kappa shape index (κ3) is 3.38.